The standard InChI is InChI=1S/C23H26FN2O5P/c1-4-6-9-30-18-12-16(24)8-7-15(18)10-14-11-17-20(25-13-14)21(31-32)19(22(27)26(17)3)23(28)29-5-2/h7-8,11-13H,4-6,9-10,32H2,1-3H3. The molecule has 3 rings (SSSR count). The topological polar surface area (TPSA) is 79.7 Å². The van der Waals surface area contributed by atoms with Crippen LogP contribution in [0.5, 0.6) is 11.5 Å². The molecule has 0 aliphatic rings. The summed E-state index contributed by atoms with van der Waals surface area (Å²) in [4.78, 5) is 29.7. The number of aryl methyl sites for hydroxylation is 1. The van der Waals surface area contributed by atoms with Gasteiger partial charge in [-0.15, -0.1) is 0 Å². The van der Waals surface area contributed by atoms with E-state index in [1.807, 2.05) is 9.47 Å². The molecule has 0 saturated carbocycles. The van der Waals surface area contributed by atoms with E-state index in [0.717, 1.165) is 24.0 Å². The fraction of sp³-hybridized carbons (Fsp3) is 0.348. The zero-order valence-electron chi connectivity index (χ0n) is 18.3. The maximum absolute atomic E-state index is 13.8. The van der Waals surface area contributed by atoms with Gasteiger partial charge in [-0.1, -0.05) is 19.4 Å². The Bertz CT molecular complexity index is 1200. The summed E-state index contributed by atoms with van der Waals surface area (Å²) in [6, 6.07) is 6.24. The van der Waals surface area contributed by atoms with E-state index < -0.39 is 11.5 Å². The van der Waals surface area contributed by atoms with Crippen LogP contribution in [0.3, 0.4) is 0 Å². The van der Waals surface area contributed by atoms with Crippen LogP contribution in [0, 0.1) is 5.82 Å². The lowest BCUT2D eigenvalue weighted by Gasteiger charge is -2.15. The van der Waals surface area contributed by atoms with E-state index in [1.54, 1.807) is 32.3 Å². The number of benzene rings is 1. The van der Waals surface area contributed by atoms with Gasteiger partial charge in [0.15, 0.2) is 11.3 Å². The number of nitrogens with zero attached hydrogens (tertiary/aromatic N) is 2. The molecular weight excluding hydrogens is 434 g/mol. The maximum Gasteiger partial charge on any atom is 0.347 e. The fourth-order valence-corrected chi connectivity index (χ4v) is 3.60. The Hall–Kier alpha value is -2.99. The van der Waals surface area contributed by atoms with Gasteiger partial charge in [0, 0.05) is 25.7 Å². The van der Waals surface area contributed by atoms with Gasteiger partial charge in [0.25, 0.3) is 5.56 Å². The third kappa shape index (κ3) is 4.91. The van der Waals surface area contributed by atoms with E-state index >= 15 is 0 Å². The van der Waals surface area contributed by atoms with Crippen molar-refractivity contribution in [3.63, 3.8) is 0 Å². The molecule has 0 aliphatic carbocycles. The number of pyridine rings is 2. The number of ether oxygens (including phenoxy) is 2. The molecule has 0 N–H and O–H groups in total. The van der Waals surface area contributed by atoms with Crippen LogP contribution in [0.4, 0.5) is 4.39 Å². The second-order valence-electron chi connectivity index (χ2n) is 7.25. The normalized spacial score (nSPS) is 10.9. The predicted molar refractivity (Wildman–Crippen MR) is 123 cm³/mol. The van der Waals surface area contributed by atoms with Gasteiger partial charge in [0.05, 0.1) is 28.2 Å². The zero-order chi connectivity index (χ0) is 23.3. The van der Waals surface area contributed by atoms with Crippen LogP contribution in [-0.4, -0.2) is 28.7 Å². The number of rotatable bonds is 9. The second kappa shape index (κ2) is 10.6. The minimum absolute atomic E-state index is 0.0449. The summed E-state index contributed by atoms with van der Waals surface area (Å²) in [5.74, 6) is -0.603. The van der Waals surface area contributed by atoms with Crippen LogP contribution < -0.4 is 14.8 Å². The molecule has 7 nitrogen and oxygen atoms in total. The summed E-state index contributed by atoms with van der Waals surface area (Å²) >= 11 is 0. The minimum Gasteiger partial charge on any atom is -0.493 e. The number of carbonyl (C=O) groups is 1. The fourth-order valence-electron chi connectivity index (χ4n) is 3.37. The van der Waals surface area contributed by atoms with Gasteiger partial charge in [-0.05, 0) is 36.6 Å². The van der Waals surface area contributed by atoms with Crippen molar-refractivity contribution in [3.05, 3.63) is 63.3 Å². The third-order valence-corrected chi connectivity index (χ3v) is 5.26. The SMILES string of the molecule is CCCCOc1cc(F)ccc1Cc1cnc2c(OP)c(C(=O)OCC)c(=O)n(C)c2c1. The number of hydrogen-bond acceptors (Lipinski definition) is 6. The molecule has 1 unspecified atom stereocenters. The molecule has 2 heterocycles. The molecule has 170 valence electrons. The van der Waals surface area contributed by atoms with Crippen LogP contribution in [0.1, 0.15) is 48.2 Å². The Morgan fingerprint density at radius 1 is 1.25 bits per heavy atom. The largest absolute Gasteiger partial charge is 0.493 e. The Labute approximate surface area is 187 Å². The number of aromatic nitrogens is 2. The molecule has 1 atom stereocenters. The average molecular weight is 460 g/mol. The summed E-state index contributed by atoms with van der Waals surface area (Å²) in [5, 5.41) is 0. The predicted octanol–water partition coefficient (Wildman–Crippen LogP) is 4.19. The van der Waals surface area contributed by atoms with Crippen LogP contribution >= 0.6 is 9.47 Å². The smallest absolute Gasteiger partial charge is 0.347 e. The van der Waals surface area contributed by atoms with Gasteiger partial charge < -0.3 is 18.6 Å². The van der Waals surface area contributed by atoms with Gasteiger partial charge in [-0.3, -0.25) is 9.78 Å². The quantitative estimate of drug-likeness (QED) is 0.271. The van der Waals surface area contributed by atoms with Crippen molar-refractivity contribution in [1.29, 1.82) is 0 Å². The van der Waals surface area contributed by atoms with Crippen molar-refractivity contribution in [1.82, 2.24) is 9.55 Å². The molecule has 1 aromatic carbocycles. The molecule has 0 aliphatic heterocycles. The number of halogens is 1. The summed E-state index contributed by atoms with van der Waals surface area (Å²) < 4.78 is 31.2. The van der Waals surface area contributed by atoms with Crippen LogP contribution in [0.25, 0.3) is 11.0 Å². The first-order valence-electron chi connectivity index (χ1n) is 10.4. The van der Waals surface area contributed by atoms with Crippen molar-refractivity contribution in [2.45, 2.75) is 33.1 Å². The van der Waals surface area contributed by atoms with E-state index in [1.165, 1.54) is 16.7 Å². The Balaban J connectivity index is 2.05. The van der Waals surface area contributed by atoms with E-state index in [9.17, 15) is 14.0 Å². The summed E-state index contributed by atoms with van der Waals surface area (Å²) in [6.07, 6.45) is 3.90. The third-order valence-electron chi connectivity index (χ3n) is 5.02. The average Bonchev–Trinajstić information content (AvgIpc) is 2.78. The Morgan fingerprint density at radius 2 is 2.03 bits per heavy atom. The molecule has 9 heteroatoms. The molecule has 0 spiro atoms. The molecule has 0 bridgehead atoms. The monoisotopic (exact) mass is 460 g/mol. The number of carbonyl (C=O) groups excluding carboxylic acids is 1. The zero-order valence-corrected chi connectivity index (χ0v) is 19.5. The molecular formula is C23H26FN2O5P. The number of fused-ring (bicyclic) bond motifs is 1. The molecule has 0 saturated heterocycles. The molecule has 3 aromatic rings. The molecule has 0 fully saturated rings. The highest BCUT2D eigenvalue weighted by Gasteiger charge is 2.24. The first kappa shape index (κ1) is 23.7. The number of hydrogen-bond donors (Lipinski definition) is 0. The summed E-state index contributed by atoms with van der Waals surface area (Å²) in [5.41, 5.74) is 1.69. The van der Waals surface area contributed by atoms with Crippen LogP contribution in [0.2, 0.25) is 0 Å². The van der Waals surface area contributed by atoms with Crippen molar-refractivity contribution in [3.8, 4) is 11.5 Å². The van der Waals surface area contributed by atoms with Gasteiger partial charge in [0.1, 0.15) is 17.1 Å². The minimum atomic E-state index is -0.765. The van der Waals surface area contributed by atoms with Crippen molar-refractivity contribution in [2.75, 3.05) is 13.2 Å². The molecule has 32 heavy (non-hydrogen) atoms. The summed E-state index contributed by atoms with van der Waals surface area (Å²) in [6.45, 7) is 4.35. The molecule has 0 radical (unpaired) electrons. The number of esters is 1. The van der Waals surface area contributed by atoms with Gasteiger partial charge in [-0.25, -0.2) is 9.18 Å². The van der Waals surface area contributed by atoms with E-state index in [0.29, 0.717) is 29.8 Å². The second-order valence-corrected chi connectivity index (χ2v) is 7.48. The lowest BCUT2D eigenvalue weighted by atomic mass is 10.0. The maximum atomic E-state index is 13.8. The molecule has 2 aromatic heterocycles. The van der Waals surface area contributed by atoms with Crippen molar-refractivity contribution >= 4 is 26.5 Å². The Kier molecular flexibility index (Phi) is 7.80. The van der Waals surface area contributed by atoms with Crippen molar-refractivity contribution < 1.29 is 23.2 Å². The van der Waals surface area contributed by atoms with E-state index in [2.05, 4.69) is 11.9 Å². The first-order valence-corrected chi connectivity index (χ1v) is 10.8. The highest BCUT2D eigenvalue weighted by atomic mass is 31.0. The highest BCUT2D eigenvalue weighted by molar-refractivity contribution is 7.10. The highest BCUT2D eigenvalue weighted by Crippen LogP contribution is 2.30. The van der Waals surface area contributed by atoms with Crippen molar-refractivity contribution in [2.24, 2.45) is 7.05 Å². The van der Waals surface area contributed by atoms with Gasteiger partial charge >= 0.3 is 5.97 Å². The Morgan fingerprint density at radius 3 is 2.72 bits per heavy atom. The number of unbranched alkanes of at least 4 members (excludes halogenated alkanes) is 1. The van der Waals surface area contributed by atoms with Crippen LogP contribution in [-0.2, 0) is 18.2 Å². The summed E-state index contributed by atoms with van der Waals surface area (Å²) in [7, 11) is 3.60. The van der Waals surface area contributed by atoms with E-state index in [4.69, 9.17) is 14.0 Å². The van der Waals surface area contributed by atoms with Gasteiger partial charge in [0.2, 0.25) is 0 Å². The van der Waals surface area contributed by atoms with Gasteiger partial charge in [-0.2, -0.15) is 0 Å². The lowest BCUT2D eigenvalue weighted by molar-refractivity contribution is 0.0522. The lowest BCUT2D eigenvalue weighted by Crippen LogP contribution is -2.27. The first-order chi connectivity index (χ1) is 15.4. The van der Waals surface area contributed by atoms with E-state index in [-0.39, 0.29) is 23.7 Å². The molecule has 0 amide bonds. The van der Waals surface area contributed by atoms with Crippen LogP contribution in [0.15, 0.2) is 35.3 Å².